The predicted molar refractivity (Wildman–Crippen MR) is 96.1 cm³/mol. The molecule has 0 spiro atoms. The number of nitrogens with two attached hydrogens (primary N) is 1. The topological polar surface area (TPSA) is 85.1 Å². The third-order valence-electron chi connectivity index (χ3n) is 4.17. The van der Waals surface area contributed by atoms with Crippen molar-refractivity contribution in [2.45, 2.75) is 33.7 Å². The van der Waals surface area contributed by atoms with E-state index in [1.807, 2.05) is 33.8 Å². The van der Waals surface area contributed by atoms with E-state index in [2.05, 4.69) is 4.90 Å². The van der Waals surface area contributed by atoms with Gasteiger partial charge in [0.15, 0.2) is 0 Å². The summed E-state index contributed by atoms with van der Waals surface area (Å²) in [5.74, 6) is -0.652. The molecule has 0 saturated carbocycles. The fourth-order valence-corrected chi connectivity index (χ4v) is 2.68. The van der Waals surface area contributed by atoms with E-state index in [0.29, 0.717) is 30.9 Å². The number of carbonyl (C=O) groups is 2. The largest absolute Gasteiger partial charge is 0.465 e. The Morgan fingerprint density at radius 3 is 2.44 bits per heavy atom. The van der Waals surface area contributed by atoms with Crippen molar-refractivity contribution in [3.05, 3.63) is 23.8 Å². The lowest BCUT2D eigenvalue weighted by molar-refractivity contribution is -0.203. The van der Waals surface area contributed by atoms with Crippen LogP contribution in [-0.4, -0.2) is 49.8 Å². The van der Waals surface area contributed by atoms with E-state index in [1.54, 1.807) is 17.2 Å². The summed E-state index contributed by atoms with van der Waals surface area (Å²) in [4.78, 5) is 31.3. The van der Waals surface area contributed by atoms with Crippen molar-refractivity contribution >= 4 is 23.3 Å². The molecule has 0 bridgehead atoms. The summed E-state index contributed by atoms with van der Waals surface area (Å²) < 4.78 is 4.71. The Kier molecular flexibility index (Phi) is 5.57. The van der Waals surface area contributed by atoms with E-state index in [4.69, 9.17) is 15.3 Å². The monoisotopic (exact) mass is 349 g/mol. The highest BCUT2D eigenvalue weighted by molar-refractivity contribution is 5.92. The van der Waals surface area contributed by atoms with E-state index in [-0.39, 0.29) is 12.0 Å². The van der Waals surface area contributed by atoms with Crippen molar-refractivity contribution in [2.75, 3.05) is 37.4 Å². The molecule has 1 aliphatic rings. The van der Waals surface area contributed by atoms with Gasteiger partial charge in [-0.1, -0.05) is 0 Å². The van der Waals surface area contributed by atoms with E-state index < -0.39 is 11.4 Å². The smallest absolute Gasteiger partial charge is 0.337 e. The first-order valence-corrected chi connectivity index (χ1v) is 8.35. The predicted octanol–water partition coefficient (Wildman–Crippen LogP) is 2.07. The van der Waals surface area contributed by atoms with Crippen LogP contribution in [0.2, 0.25) is 0 Å². The molecule has 7 nitrogen and oxygen atoms in total. The fraction of sp³-hybridized carbons (Fsp3) is 0.556. The maximum absolute atomic E-state index is 12.0. The highest BCUT2D eigenvalue weighted by Crippen LogP contribution is 2.28. The molecule has 1 saturated heterocycles. The number of carbonyl (C=O) groups excluding carboxylic acids is 2. The molecule has 1 heterocycles. The van der Waals surface area contributed by atoms with Crippen molar-refractivity contribution in [3.63, 3.8) is 0 Å². The summed E-state index contributed by atoms with van der Waals surface area (Å²) in [7, 11) is 1.34. The standard InChI is InChI=1S/C18H27N3O4/c1-12-11-20(25-17(23)18(2,3)4)8-9-21(12)15-7-6-13(10-14(15)19)16(22)24-5/h6-7,10,12H,8-9,11,19H2,1-5H3/t12-/m1/s1. The number of piperazine rings is 1. The molecule has 0 amide bonds. The van der Waals surface area contributed by atoms with Gasteiger partial charge in [-0.2, -0.15) is 0 Å². The number of ether oxygens (including phenoxy) is 1. The number of esters is 1. The molecule has 0 aromatic heterocycles. The highest BCUT2D eigenvalue weighted by atomic mass is 16.7. The number of hydroxylamine groups is 2. The maximum atomic E-state index is 12.0. The first-order valence-electron chi connectivity index (χ1n) is 8.35. The molecule has 1 fully saturated rings. The van der Waals surface area contributed by atoms with Crippen molar-refractivity contribution in [3.8, 4) is 0 Å². The van der Waals surface area contributed by atoms with E-state index >= 15 is 0 Å². The second-order valence-corrected chi connectivity index (χ2v) is 7.32. The van der Waals surface area contributed by atoms with Crippen LogP contribution in [0.25, 0.3) is 0 Å². The van der Waals surface area contributed by atoms with E-state index in [0.717, 1.165) is 5.69 Å². The Morgan fingerprint density at radius 2 is 1.92 bits per heavy atom. The van der Waals surface area contributed by atoms with Gasteiger partial charge in [0, 0.05) is 12.6 Å². The molecule has 0 aliphatic carbocycles. The molecule has 2 rings (SSSR count). The van der Waals surface area contributed by atoms with Crippen molar-refractivity contribution < 1.29 is 19.2 Å². The lowest BCUT2D eigenvalue weighted by Crippen LogP contribution is -2.53. The molecule has 0 radical (unpaired) electrons. The summed E-state index contributed by atoms with van der Waals surface area (Å²) >= 11 is 0. The van der Waals surface area contributed by atoms with Gasteiger partial charge in [-0.3, -0.25) is 0 Å². The Hall–Kier alpha value is -2.28. The van der Waals surface area contributed by atoms with Gasteiger partial charge in [0.1, 0.15) is 0 Å². The number of hydrogen-bond donors (Lipinski definition) is 1. The van der Waals surface area contributed by atoms with Crippen LogP contribution < -0.4 is 10.6 Å². The van der Waals surface area contributed by atoms with Crippen molar-refractivity contribution in [2.24, 2.45) is 5.41 Å². The van der Waals surface area contributed by atoms with Crippen LogP contribution in [0, 0.1) is 5.41 Å². The summed E-state index contributed by atoms with van der Waals surface area (Å²) in [5.41, 5.74) is 7.41. The zero-order valence-electron chi connectivity index (χ0n) is 15.5. The first kappa shape index (κ1) is 19.1. The number of nitrogen functional groups attached to an aromatic ring is 1. The molecule has 1 aromatic rings. The summed E-state index contributed by atoms with van der Waals surface area (Å²) in [6, 6.07) is 5.26. The lowest BCUT2D eigenvalue weighted by Gasteiger charge is -2.41. The maximum Gasteiger partial charge on any atom is 0.337 e. The SMILES string of the molecule is COC(=O)c1ccc(N2CCN(OC(=O)C(C)(C)C)C[C@H]2C)c(N)c1. The van der Waals surface area contributed by atoms with Crippen LogP contribution >= 0.6 is 0 Å². The minimum atomic E-state index is -0.533. The molecule has 25 heavy (non-hydrogen) atoms. The Labute approximate surface area is 148 Å². The molecular weight excluding hydrogens is 322 g/mol. The average molecular weight is 349 g/mol. The lowest BCUT2D eigenvalue weighted by atomic mass is 9.98. The third kappa shape index (κ3) is 4.42. The van der Waals surface area contributed by atoms with Crippen LogP contribution in [0.15, 0.2) is 18.2 Å². The minimum Gasteiger partial charge on any atom is -0.465 e. The summed E-state index contributed by atoms with van der Waals surface area (Å²) in [6.07, 6.45) is 0. The Morgan fingerprint density at radius 1 is 1.24 bits per heavy atom. The van der Waals surface area contributed by atoms with Crippen LogP contribution in [0.1, 0.15) is 38.1 Å². The van der Waals surface area contributed by atoms with Gasteiger partial charge in [0.2, 0.25) is 0 Å². The zero-order valence-corrected chi connectivity index (χ0v) is 15.5. The average Bonchev–Trinajstić information content (AvgIpc) is 2.54. The van der Waals surface area contributed by atoms with Gasteiger partial charge in [0.25, 0.3) is 0 Å². The number of nitrogens with zero attached hydrogens (tertiary/aromatic N) is 2. The number of anilines is 2. The van der Waals surface area contributed by atoms with Crippen LogP contribution in [-0.2, 0) is 14.4 Å². The van der Waals surface area contributed by atoms with Gasteiger partial charge >= 0.3 is 11.9 Å². The minimum absolute atomic E-state index is 0.104. The number of hydrogen-bond acceptors (Lipinski definition) is 7. The van der Waals surface area contributed by atoms with Crippen molar-refractivity contribution in [1.82, 2.24) is 5.06 Å². The van der Waals surface area contributed by atoms with Crippen molar-refractivity contribution in [1.29, 1.82) is 0 Å². The van der Waals surface area contributed by atoms with Gasteiger partial charge in [-0.05, 0) is 45.9 Å². The number of rotatable bonds is 3. The molecule has 1 aliphatic heterocycles. The van der Waals surface area contributed by atoms with E-state index in [9.17, 15) is 9.59 Å². The van der Waals surface area contributed by atoms with Crippen LogP contribution in [0.4, 0.5) is 11.4 Å². The summed E-state index contributed by atoms with van der Waals surface area (Å²) in [5, 5.41) is 1.70. The number of benzene rings is 1. The quantitative estimate of drug-likeness (QED) is 0.660. The van der Waals surface area contributed by atoms with Crippen LogP contribution in [0.3, 0.4) is 0 Å². The van der Waals surface area contributed by atoms with Gasteiger partial charge < -0.3 is 20.2 Å². The van der Waals surface area contributed by atoms with Crippen LogP contribution in [0.5, 0.6) is 0 Å². The Balaban J connectivity index is 2.06. The molecule has 1 atom stereocenters. The second-order valence-electron chi connectivity index (χ2n) is 7.32. The zero-order chi connectivity index (χ0) is 18.8. The normalized spacial score (nSPS) is 18.8. The first-order chi connectivity index (χ1) is 11.6. The third-order valence-corrected chi connectivity index (χ3v) is 4.17. The van der Waals surface area contributed by atoms with Gasteiger partial charge in [0.05, 0.1) is 42.6 Å². The molecule has 138 valence electrons. The van der Waals surface area contributed by atoms with E-state index in [1.165, 1.54) is 7.11 Å². The van der Waals surface area contributed by atoms with Gasteiger partial charge in [-0.25, -0.2) is 9.59 Å². The fourth-order valence-electron chi connectivity index (χ4n) is 2.68. The molecule has 0 unspecified atom stereocenters. The molecular formula is C18H27N3O4. The van der Waals surface area contributed by atoms with Gasteiger partial charge in [-0.15, -0.1) is 5.06 Å². The molecule has 2 N–H and O–H groups in total. The molecule has 1 aromatic carbocycles. The highest BCUT2D eigenvalue weighted by Gasteiger charge is 2.31. The second kappa shape index (κ2) is 7.31. The number of methoxy groups -OCH3 is 1. The summed E-state index contributed by atoms with van der Waals surface area (Å²) in [6.45, 7) is 9.38. The molecule has 7 heteroatoms. The Bertz CT molecular complexity index is 654.